The molecule has 0 N–H and O–H groups in total. The van der Waals surface area contributed by atoms with Crippen molar-refractivity contribution in [3.05, 3.63) is 20.8 Å². The van der Waals surface area contributed by atoms with Crippen molar-refractivity contribution in [3.8, 4) is 0 Å². The first-order valence-corrected chi connectivity index (χ1v) is 8.15. The zero-order valence-electron chi connectivity index (χ0n) is 11.2. The van der Waals surface area contributed by atoms with Gasteiger partial charge in [-0.2, -0.15) is 11.3 Å². The summed E-state index contributed by atoms with van der Waals surface area (Å²) in [5.41, 5.74) is 0.555. The van der Waals surface area contributed by atoms with Crippen molar-refractivity contribution in [2.75, 3.05) is 14.1 Å². The fourth-order valence-corrected chi connectivity index (χ4v) is 4.27. The molecule has 1 aromatic rings. The van der Waals surface area contributed by atoms with Gasteiger partial charge in [-0.05, 0) is 61.6 Å². The quantitative estimate of drug-likeness (QED) is 0.774. The van der Waals surface area contributed by atoms with Crippen molar-refractivity contribution in [1.29, 1.82) is 0 Å². The van der Waals surface area contributed by atoms with Gasteiger partial charge in [0.25, 0.3) is 0 Å². The molecule has 1 fully saturated rings. The molecule has 0 unspecified atom stereocenters. The van der Waals surface area contributed by atoms with E-state index in [0.29, 0.717) is 0 Å². The van der Waals surface area contributed by atoms with Gasteiger partial charge in [-0.1, -0.05) is 6.92 Å². The van der Waals surface area contributed by atoms with Crippen LogP contribution in [-0.2, 0) is 0 Å². The van der Waals surface area contributed by atoms with E-state index in [-0.39, 0.29) is 11.3 Å². The van der Waals surface area contributed by atoms with Gasteiger partial charge < -0.3 is 0 Å². The number of hydrogen-bond donors (Lipinski definition) is 0. The zero-order chi connectivity index (χ0) is 13.3. The van der Waals surface area contributed by atoms with Gasteiger partial charge in [0.15, 0.2) is 5.78 Å². The van der Waals surface area contributed by atoms with Crippen LogP contribution in [0.5, 0.6) is 0 Å². The Hall–Kier alpha value is -0.190. The summed E-state index contributed by atoms with van der Waals surface area (Å²) >= 11 is 5.07. The average Bonchev–Trinajstić information content (AvgIpc) is 2.75. The topological polar surface area (TPSA) is 20.3 Å². The van der Waals surface area contributed by atoms with Gasteiger partial charge in [0.05, 0.1) is 5.54 Å². The van der Waals surface area contributed by atoms with Crippen molar-refractivity contribution < 1.29 is 4.79 Å². The maximum absolute atomic E-state index is 12.9. The minimum Gasteiger partial charge on any atom is -0.297 e. The van der Waals surface area contributed by atoms with Crippen LogP contribution >= 0.6 is 27.3 Å². The van der Waals surface area contributed by atoms with Gasteiger partial charge in [-0.3, -0.25) is 9.69 Å². The highest BCUT2D eigenvalue weighted by Gasteiger charge is 2.43. The van der Waals surface area contributed by atoms with Gasteiger partial charge >= 0.3 is 0 Å². The Balaban J connectivity index is 2.31. The van der Waals surface area contributed by atoms with Gasteiger partial charge in [0.2, 0.25) is 0 Å². The highest BCUT2D eigenvalue weighted by atomic mass is 79.9. The standard InChI is InChI=1S/C14H20BrNOS/c1-10-4-6-14(7-5-10,16(2)3)13(17)11-8-18-9-12(11)15/h8-10H,4-7H2,1-3H3. The van der Waals surface area contributed by atoms with Crippen molar-refractivity contribution in [1.82, 2.24) is 4.90 Å². The molecular weight excluding hydrogens is 310 g/mol. The van der Waals surface area contributed by atoms with Crippen LogP contribution < -0.4 is 0 Å². The second-order valence-corrected chi connectivity index (χ2v) is 7.17. The smallest absolute Gasteiger partial charge is 0.185 e. The predicted molar refractivity (Wildman–Crippen MR) is 80.4 cm³/mol. The number of nitrogens with zero attached hydrogens (tertiary/aromatic N) is 1. The number of rotatable bonds is 3. The number of thiophene rings is 1. The maximum atomic E-state index is 12.9. The number of Topliss-reactive ketones (excluding diaryl/α,β-unsaturated/α-hetero) is 1. The number of halogens is 1. The summed E-state index contributed by atoms with van der Waals surface area (Å²) in [7, 11) is 4.07. The van der Waals surface area contributed by atoms with E-state index in [2.05, 4.69) is 27.8 Å². The van der Waals surface area contributed by atoms with Crippen molar-refractivity contribution in [2.45, 2.75) is 38.1 Å². The number of ketones is 1. The van der Waals surface area contributed by atoms with E-state index in [4.69, 9.17) is 0 Å². The normalized spacial score (nSPS) is 28.6. The Morgan fingerprint density at radius 2 is 2.00 bits per heavy atom. The van der Waals surface area contributed by atoms with E-state index in [9.17, 15) is 4.79 Å². The van der Waals surface area contributed by atoms with E-state index in [0.717, 1.165) is 41.6 Å². The number of hydrogen-bond acceptors (Lipinski definition) is 3. The molecule has 100 valence electrons. The number of carbonyl (C=O) groups is 1. The lowest BCUT2D eigenvalue weighted by Gasteiger charge is -2.43. The van der Waals surface area contributed by atoms with Crippen LogP contribution in [0.1, 0.15) is 43.0 Å². The molecule has 0 amide bonds. The minimum atomic E-state index is -0.296. The minimum absolute atomic E-state index is 0.285. The predicted octanol–water partition coefficient (Wildman–Crippen LogP) is 4.20. The van der Waals surface area contributed by atoms with E-state index in [1.54, 1.807) is 11.3 Å². The van der Waals surface area contributed by atoms with Gasteiger partial charge in [0, 0.05) is 20.8 Å². The molecule has 0 saturated heterocycles. The number of likely N-dealkylation sites (N-methyl/N-ethyl adjacent to an activating group) is 1. The molecule has 0 aromatic carbocycles. The van der Waals surface area contributed by atoms with E-state index in [1.807, 2.05) is 24.9 Å². The monoisotopic (exact) mass is 329 g/mol. The zero-order valence-corrected chi connectivity index (χ0v) is 13.6. The van der Waals surface area contributed by atoms with Crippen molar-refractivity contribution in [2.24, 2.45) is 5.92 Å². The summed E-state index contributed by atoms with van der Waals surface area (Å²) in [6.07, 6.45) is 4.24. The first-order chi connectivity index (χ1) is 8.47. The van der Waals surface area contributed by atoms with Crippen LogP contribution in [-0.4, -0.2) is 30.3 Å². The molecule has 1 saturated carbocycles. The van der Waals surface area contributed by atoms with Crippen LogP contribution in [0.25, 0.3) is 0 Å². The van der Waals surface area contributed by atoms with Crippen LogP contribution in [0, 0.1) is 5.92 Å². The van der Waals surface area contributed by atoms with Crippen LogP contribution in [0.4, 0.5) is 0 Å². The van der Waals surface area contributed by atoms with Crippen LogP contribution in [0.15, 0.2) is 15.2 Å². The fourth-order valence-electron chi connectivity index (χ4n) is 2.81. The number of carbonyl (C=O) groups excluding carboxylic acids is 1. The maximum Gasteiger partial charge on any atom is 0.185 e. The van der Waals surface area contributed by atoms with Gasteiger partial charge in [-0.25, -0.2) is 0 Å². The molecule has 1 aromatic heterocycles. The van der Waals surface area contributed by atoms with Crippen molar-refractivity contribution >= 4 is 33.0 Å². The second-order valence-electron chi connectivity index (χ2n) is 5.57. The molecule has 0 spiro atoms. The first-order valence-electron chi connectivity index (χ1n) is 6.41. The lowest BCUT2D eigenvalue weighted by atomic mass is 9.72. The lowest BCUT2D eigenvalue weighted by molar-refractivity contribution is 0.0513. The molecule has 2 nitrogen and oxygen atoms in total. The molecule has 1 aliphatic rings. The molecular formula is C14H20BrNOS. The molecule has 2 rings (SSSR count). The third-order valence-electron chi connectivity index (χ3n) is 4.24. The third kappa shape index (κ3) is 2.43. The van der Waals surface area contributed by atoms with Crippen LogP contribution in [0.2, 0.25) is 0 Å². The summed E-state index contributed by atoms with van der Waals surface area (Å²) in [5.74, 6) is 1.03. The third-order valence-corrected chi connectivity index (χ3v) is 5.94. The molecule has 18 heavy (non-hydrogen) atoms. The summed E-state index contributed by atoms with van der Waals surface area (Å²) < 4.78 is 0.942. The summed E-state index contributed by atoms with van der Waals surface area (Å²) in [6, 6.07) is 0. The molecule has 4 heteroatoms. The molecule has 0 bridgehead atoms. The highest BCUT2D eigenvalue weighted by Crippen LogP contribution is 2.39. The molecule has 1 heterocycles. The fraction of sp³-hybridized carbons (Fsp3) is 0.643. The van der Waals surface area contributed by atoms with Gasteiger partial charge in [0.1, 0.15) is 0 Å². The Morgan fingerprint density at radius 3 is 2.44 bits per heavy atom. The Kier molecular flexibility index (Phi) is 4.29. The van der Waals surface area contributed by atoms with E-state index >= 15 is 0 Å². The Labute approximate surface area is 122 Å². The first kappa shape index (κ1) is 14.2. The highest BCUT2D eigenvalue weighted by molar-refractivity contribution is 9.10. The summed E-state index contributed by atoms with van der Waals surface area (Å²) in [4.78, 5) is 15.0. The average molecular weight is 330 g/mol. The SMILES string of the molecule is CC1CCC(C(=O)c2cscc2Br)(N(C)C)CC1. The van der Waals surface area contributed by atoms with Crippen molar-refractivity contribution in [3.63, 3.8) is 0 Å². The lowest BCUT2D eigenvalue weighted by Crippen LogP contribution is -2.53. The van der Waals surface area contributed by atoms with E-state index < -0.39 is 0 Å². The molecule has 1 aliphatic carbocycles. The van der Waals surface area contributed by atoms with E-state index in [1.165, 1.54) is 0 Å². The van der Waals surface area contributed by atoms with Gasteiger partial charge in [-0.15, -0.1) is 0 Å². The van der Waals surface area contributed by atoms with Crippen LogP contribution in [0.3, 0.4) is 0 Å². The summed E-state index contributed by atoms with van der Waals surface area (Å²) in [6.45, 7) is 2.28. The molecule has 0 aliphatic heterocycles. The molecule has 0 radical (unpaired) electrons. The Morgan fingerprint density at radius 1 is 1.39 bits per heavy atom. The summed E-state index contributed by atoms with van der Waals surface area (Å²) in [5, 5.41) is 3.96. The molecule has 0 atom stereocenters. The Bertz CT molecular complexity index is 433. The largest absolute Gasteiger partial charge is 0.297 e. The second kappa shape index (κ2) is 5.43.